The number of para-hydroxylation sites is 1. The normalized spacial score (nSPS) is 10.7. The maximum Gasteiger partial charge on any atom is 0.261 e. The second-order valence-electron chi connectivity index (χ2n) is 6.04. The van der Waals surface area contributed by atoms with Gasteiger partial charge in [0.2, 0.25) is 0 Å². The van der Waals surface area contributed by atoms with Gasteiger partial charge in [-0.15, -0.1) is 12.4 Å². The van der Waals surface area contributed by atoms with E-state index >= 15 is 0 Å². The Balaban J connectivity index is 0.00000261. The van der Waals surface area contributed by atoms with Crippen LogP contribution < -0.4 is 9.64 Å². The number of carbonyl (C=O) groups is 1. The maximum atomic E-state index is 13.2. The molecule has 144 valence electrons. The summed E-state index contributed by atoms with van der Waals surface area (Å²) in [4.78, 5) is 21.8. The number of benzene rings is 2. The highest BCUT2D eigenvalue weighted by atomic mass is 127. The van der Waals surface area contributed by atoms with Crippen LogP contribution in [0.1, 0.15) is 10.4 Å². The first kappa shape index (κ1) is 21.9. The molecule has 1 amide bonds. The SMILES string of the molecule is COc1cccc2sc(N(CCN(C)C)C(=O)c3ccccc3I)nc12.Cl. The Morgan fingerprint density at radius 2 is 1.89 bits per heavy atom. The van der Waals surface area contributed by atoms with Crippen LogP contribution in [-0.4, -0.2) is 50.1 Å². The monoisotopic (exact) mass is 517 g/mol. The molecule has 0 atom stereocenters. The molecular formula is C19H21ClIN3O2S. The summed E-state index contributed by atoms with van der Waals surface area (Å²) >= 11 is 3.71. The van der Waals surface area contributed by atoms with Gasteiger partial charge in [-0.2, -0.15) is 0 Å². The number of ether oxygens (including phenoxy) is 1. The van der Waals surface area contributed by atoms with Crippen molar-refractivity contribution in [3.63, 3.8) is 0 Å². The summed E-state index contributed by atoms with van der Waals surface area (Å²) in [6.45, 7) is 1.32. The summed E-state index contributed by atoms with van der Waals surface area (Å²) in [5.74, 6) is 0.689. The zero-order valence-corrected chi connectivity index (χ0v) is 19.1. The molecule has 5 nitrogen and oxygen atoms in total. The zero-order chi connectivity index (χ0) is 18.7. The third-order valence-electron chi connectivity index (χ3n) is 3.94. The van der Waals surface area contributed by atoms with Gasteiger partial charge in [0.15, 0.2) is 5.13 Å². The number of carbonyl (C=O) groups excluding carboxylic acids is 1. The quantitative estimate of drug-likeness (QED) is 0.451. The first-order valence-corrected chi connectivity index (χ1v) is 10.1. The summed E-state index contributed by atoms with van der Waals surface area (Å²) in [5.41, 5.74) is 1.48. The van der Waals surface area contributed by atoms with Gasteiger partial charge in [-0.25, -0.2) is 4.98 Å². The lowest BCUT2D eigenvalue weighted by molar-refractivity contribution is 0.0984. The van der Waals surface area contributed by atoms with Crippen LogP contribution in [0.2, 0.25) is 0 Å². The maximum absolute atomic E-state index is 13.2. The molecule has 3 rings (SSSR count). The van der Waals surface area contributed by atoms with Gasteiger partial charge in [-0.1, -0.05) is 29.5 Å². The molecule has 1 aromatic heterocycles. The Labute approximate surface area is 182 Å². The fourth-order valence-electron chi connectivity index (χ4n) is 2.56. The number of amides is 1. The Hall–Kier alpha value is -1.42. The van der Waals surface area contributed by atoms with E-state index in [1.54, 1.807) is 12.0 Å². The summed E-state index contributed by atoms with van der Waals surface area (Å²) in [6, 6.07) is 13.5. The number of likely N-dealkylation sites (N-methyl/N-ethyl adjacent to an activating group) is 1. The third-order valence-corrected chi connectivity index (χ3v) is 5.93. The molecule has 2 aromatic carbocycles. The Morgan fingerprint density at radius 1 is 1.15 bits per heavy atom. The number of anilines is 1. The molecule has 0 unspecified atom stereocenters. The molecule has 8 heteroatoms. The molecule has 0 spiro atoms. The molecule has 3 aromatic rings. The van der Waals surface area contributed by atoms with Crippen molar-refractivity contribution in [1.82, 2.24) is 9.88 Å². The van der Waals surface area contributed by atoms with Crippen LogP contribution in [0, 0.1) is 3.57 Å². The lowest BCUT2D eigenvalue weighted by atomic mass is 10.2. The highest BCUT2D eigenvalue weighted by Crippen LogP contribution is 2.34. The minimum atomic E-state index is -0.0325. The van der Waals surface area contributed by atoms with E-state index in [0.29, 0.717) is 17.2 Å². The zero-order valence-electron chi connectivity index (χ0n) is 15.3. The number of nitrogens with zero attached hydrogens (tertiary/aromatic N) is 3. The molecule has 0 aliphatic carbocycles. The molecule has 0 bridgehead atoms. The second kappa shape index (κ2) is 9.68. The van der Waals surface area contributed by atoms with Crippen LogP contribution in [0.5, 0.6) is 5.75 Å². The largest absolute Gasteiger partial charge is 0.494 e. The van der Waals surface area contributed by atoms with Gasteiger partial charge < -0.3 is 9.64 Å². The van der Waals surface area contributed by atoms with Crippen molar-refractivity contribution < 1.29 is 9.53 Å². The fourth-order valence-corrected chi connectivity index (χ4v) is 4.18. The Morgan fingerprint density at radius 3 is 2.56 bits per heavy atom. The summed E-state index contributed by atoms with van der Waals surface area (Å²) in [7, 11) is 5.63. The Bertz CT molecular complexity index is 932. The molecule has 0 saturated heterocycles. The van der Waals surface area contributed by atoms with Crippen LogP contribution >= 0.6 is 46.3 Å². The summed E-state index contributed by atoms with van der Waals surface area (Å²) in [5, 5.41) is 0.691. The predicted molar refractivity (Wildman–Crippen MR) is 123 cm³/mol. The minimum Gasteiger partial charge on any atom is -0.494 e. The van der Waals surface area contributed by atoms with E-state index in [1.165, 1.54) is 11.3 Å². The van der Waals surface area contributed by atoms with Crippen LogP contribution in [0.3, 0.4) is 0 Å². The van der Waals surface area contributed by atoms with Gasteiger partial charge in [0.05, 0.1) is 17.4 Å². The summed E-state index contributed by atoms with van der Waals surface area (Å²) < 4.78 is 7.35. The number of halogens is 2. The topological polar surface area (TPSA) is 45.7 Å². The van der Waals surface area contributed by atoms with Crippen LogP contribution in [0.15, 0.2) is 42.5 Å². The number of thiazole rings is 1. The van der Waals surface area contributed by atoms with Crippen LogP contribution in [0.4, 0.5) is 5.13 Å². The molecular weight excluding hydrogens is 497 g/mol. The lowest BCUT2D eigenvalue weighted by Crippen LogP contribution is -2.37. The van der Waals surface area contributed by atoms with Gasteiger partial charge in [0.1, 0.15) is 11.3 Å². The number of rotatable bonds is 6. The van der Waals surface area contributed by atoms with Crippen molar-refractivity contribution in [2.24, 2.45) is 0 Å². The molecule has 0 saturated carbocycles. The van der Waals surface area contributed by atoms with E-state index in [9.17, 15) is 4.79 Å². The van der Waals surface area contributed by atoms with Gasteiger partial charge >= 0.3 is 0 Å². The molecule has 0 fully saturated rings. The van der Waals surface area contributed by atoms with E-state index in [1.807, 2.05) is 56.6 Å². The van der Waals surface area contributed by atoms with Crippen LogP contribution in [-0.2, 0) is 0 Å². The van der Waals surface area contributed by atoms with Crippen molar-refractivity contribution >= 4 is 67.6 Å². The van der Waals surface area contributed by atoms with E-state index < -0.39 is 0 Å². The molecule has 0 radical (unpaired) electrons. The highest BCUT2D eigenvalue weighted by molar-refractivity contribution is 14.1. The molecule has 1 heterocycles. The molecule has 0 N–H and O–H groups in total. The van der Waals surface area contributed by atoms with Crippen molar-refractivity contribution in [3.8, 4) is 5.75 Å². The number of fused-ring (bicyclic) bond motifs is 1. The van der Waals surface area contributed by atoms with E-state index in [-0.39, 0.29) is 18.3 Å². The van der Waals surface area contributed by atoms with E-state index in [0.717, 1.165) is 26.1 Å². The number of hydrogen-bond acceptors (Lipinski definition) is 5. The van der Waals surface area contributed by atoms with Gasteiger partial charge in [0, 0.05) is 16.7 Å². The standard InChI is InChI=1S/C19H20IN3O2S.ClH/c1-22(2)11-12-23(18(24)13-7-4-5-8-14(13)20)19-21-17-15(25-3)9-6-10-16(17)26-19;/h4-10H,11-12H2,1-3H3;1H. The Kier molecular flexibility index (Phi) is 7.84. The van der Waals surface area contributed by atoms with Crippen molar-refractivity contribution in [1.29, 1.82) is 0 Å². The van der Waals surface area contributed by atoms with Crippen molar-refractivity contribution in [2.45, 2.75) is 0 Å². The van der Waals surface area contributed by atoms with Gasteiger partial charge in [-0.05, 0) is 61.0 Å². The smallest absolute Gasteiger partial charge is 0.261 e. The van der Waals surface area contributed by atoms with E-state index in [2.05, 4.69) is 27.5 Å². The molecule has 0 aliphatic rings. The van der Waals surface area contributed by atoms with Crippen molar-refractivity contribution in [2.75, 3.05) is 39.2 Å². The first-order valence-electron chi connectivity index (χ1n) is 8.16. The highest BCUT2D eigenvalue weighted by Gasteiger charge is 2.23. The van der Waals surface area contributed by atoms with Gasteiger partial charge in [-0.3, -0.25) is 9.69 Å². The molecule has 27 heavy (non-hydrogen) atoms. The molecule has 0 aliphatic heterocycles. The van der Waals surface area contributed by atoms with Gasteiger partial charge in [0.25, 0.3) is 5.91 Å². The third kappa shape index (κ3) is 4.90. The lowest BCUT2D eigenvalue weighted by Gasteiger charge is -2.22. The van der Waals surface area contributed by atoms with E-state index in [4.69, 9.17) is 9.72 Å². The number of hydrogen-bond donors (Lipinski definition) is 0. The van der Waals surface area contributed by atoms with Crippen LogP contribution in [0.25, 0.3) is 10.2 Å². The first-order chi connectivity index (χ1) is 12.5. The predicted octanol–water partition coefficient (Wildman–Crippen LogP) is 4.54. The average molecular weight is 518 g/mol. The minimum absolute atomic E-state index is 0. The number of aromatic nitrogens is 1. The van der Waals surface area contributed by atoms with Crippen molar-refractivity contribution in [3.05, 3.63) is 51.6 Å². The summed E-state index contributed by atoms with van der Waals surface area (Å²) in [6.07, 6.45) is 0. The fraction of sp³-hybridized carbons (Fsp3) is 0.263. The second-order valence-corrected chi connectivity index (χ2v) is 8.21. The average Bonchev–Trinajstić information content (AvgIpc) is 3.05. The number of methoxy groups -OCH3 is 1.